The highest BCUT2D eigenvalue weighted by Crippen LogP contribution is 2.29. The number of esters is 1. The molecule has 0 saturated carbocycles. The van der Waals surface area contributed by atoms with E-state index in [2.05, 4.69) is 0 Å². The quantitative estimate of drug-likeness (QED) is 0.783. The molecule has 5 heteroatoms. The number of benzene rings is 1. The topological polar surface area (TPSA) is 55.8 Å². The average molecular weight is 301 g/mol. The molecule has 0 aromatic heterocycles. The Balaban J connectivity index is 2.85. The van der Waals surface area contributed by atoms with Crippen molar-refractivity contribution in [3.63, 3.8) is 0 Å². The summed E-state index contributed by atoms with van der Waals surface area (Å²) < 4.78 is 10.6. The summed E-state index contributed by atoms with van der Waals surface area (Å²) >= 11 is 6.11. The molecule has 0 aliphatic rings. The maximum atomic E-state index is 11.8. The maximum absolute atomic E-state index is 11.8. The van der Waals surface area contributed by atoms with Crippen molar-refractivity contribution in [2.75, 3.05) is 6.61 Å². The molecule has 0 aliphatic carbocycles. The van der Waals surface area contributed by atoms with E-state index in [4.69, 9.17) is 21.1 Å². The van der Waals surface area contributed by atoms with Gasteiger partial charge in [0.05, 0.1) is 17.7 Å². The second kappa shape index (κ2) is 8.12. The van der Waals surface area contributed by atoms with E-state index in [0.29, 0.717) is 29.4 Å². The van der Waals surface area contributed by atoms with Gasteiger partial charge in [-0.15, -0.1) is 0 Å². The second-order valence-electron chi connectivity index (χ2n) is 4.51. The van der Waals surface area contributed by atoms with Crippen molar-refractivity contribution in [2.24, 2.45) is 0 Å². The Labute approximate surface area is 124 Å². The lowest BCUT2D eigenvalue weighted by Crippen LogP contribution is -2.29. The molecule has 2 atom stereocenters. The van der Waals surface area contributed by atoms with E-state index in [1.165, 1.54) is 0 Å². The van der Waals surface area contributed by atoms with Crippen LogP contribution in [0.15, 0.2) is 18.2 Å². The van der Waals surface area contributed by atoms with Gasteiger partial charge in [0.2, 0.25) is 0 Å². The maximum Gasteiger partial charge on any atom is 0.347 e. The minimum absolute atomic E-state index is 0.317. The van der Waals surface area contributed by atoms with Crippen LogP contribution in [0.5, 0.6) is 5.75 Å². The Morgan fingerprint density at radius 3 is 2.60 bits per heavy atom. The van der Waals surface area contributed by atoms with Crippen molar-refractivity contribution in [2.45, 2.75) is 45.8 Å². The molecular weight excluding hydrogens is 280 g/mol. The molecule has 1 aromatic rings. The van der Waals surface area contributed by atoms with Crippen molar-refractivity contribution in [3.8, 4) is 5.75 Å². The molecule has 0 fully saturated rings. The summed E-state index contributed by atoms with van der Waals surface area (Å²) in [6.07, 6.45) is 0.105. The first-order valence-corrected chi connectivity index (χ1v) is 7.18. The first-order chi connectivity index (χ1) is 9.49. The van der Waals surface area contributed by atoms with Gasteiger partial charge in [-0.1, -0.05) is 31.0 Å². The fourth-order valence-electron chi connectivity index (χ4n) is 1.75. The number of carbonyl (C=O) groups excluding carboxylic acids is 1. The Bertz CT molecular complexity index is 445. The Hall–Kier alpha value is -1.26. The highest BCUT2D eigenvalue weighted by molar-refractivity contribution is 6.32. The molecule has 112 valence electrons. The lowest BCUT2D eigenvalue weighted by Gasteiger charge is -2.18. The fourth-order valence-corrected chi connectivity index (χ4v) is 1.98. The molecule has 0 aliphatic heterocycles. The zero-order chi connectivity index (χ0) is 15.1. The van der Waals surface area contributed by atoms with Gasteiger partial charge < -0.3 is 14.6 Å². The smallest absolute Gasteiger partial charge is 0.347 e. The van der Waals surface area contributed by atoms with Crippen molar-refractivity contribution in [1.82, 2.24) is 0 Å². The average Bonchev–Trinajstić information content (AvgIpc) is 2.40. The zero-order valence-electron chi connectivity index (χ0n) is 12.1. The van der Waals surface area contributed by atoms with Gasteiger partial charge in [0.25, 0.3) is 0 Å². The van der Waals surface area contributed by atoms with Crippen molar-refractivity contribution in [3.05, 3.63) is 28.8 Å². The molecule has 0 saturated heterocycles. The molecule has 1 N–H and O–H groups in total. The standard InChI is InChI=1S/C15H21ClO4/c1-4-6-14(15(18)19-5-2)20-13-8-7-11(10(3)17)9-12(13)16/h7-10,14,17H,4-6H2,1-3H3/t10-,14?/m1/s1. The van der Waals surface area contributed by atoms with Gasteiger partial charge in [-0.2, -0.15) is 0 Å². The van der Waals surface area contributed by atoms with E-state index >= 15 is 0 Å². The first-order valence-electron chi connectivity index (χ1n) is 6.80. The van der Waals surface area contributed by atoms with E-state index < -0.39 is 12.2 Å². The summed E-state index contributed by atoms with van der Waals surface area (Å²) in [6.45, 7) is 5.70. The number of aliphatic hydroxyl groups excluding tert-OH is 1. The molecule has 0 bridgehead atoms. The van der Waals surface area contributed by atoms with Crippen molar-refractivity contribution in [1.29, 1.82) is 0 Å². The Kier molecular flexibility index (Phi) is 6.82. The van der Waals surface area contributed by atoms with Crippen LogP contribution in [0, 0.1) is 0 Å². The summed E-state index contributed by atoms with van der Waals surface area (Å²) in [5.41, 5.74) is 0.700. The van der Waals surface area contributed by atoms with Gasteiger partial charge in [-0.3, -0.25) is 0 Å². The minimum atomic E-state index is -0.658. The summed E-state index contributed by atoms with van der Waals surface area (Å²) in [7, 11) is 0. The van der Waals surface area contributed by atoms with E-state index in [0.717, 1.165) is 6.42 Å². The number of aliphatic hydroxyl groups is 1. The lowest BCUT2D eigenvalue weighted by molar-refractivity contribution is -0.151. The van der Waals surface area contributed by atoms with Crippen LogP contribution in [0.2, 0.25) is 5.02 Å². The van der Waals surface area contributed by atoms with Crippen molar-refractivity contribution >= 4 is 17.6 Å². The number of hydrogen-bond donors (Lipinski definition) is 1. The zero-order valence-corrected chi connectivity index (χ0v) is 12.8. The Morgan fingerprint density at radius 2 is 2.10 bits per heavy atom. The van der Waals surface area contributed by atoms with Gasteiger partial charge >= 0.3 is 5.97 Å². The molecule has 1 rings (SSSR count). The monoisotopic (exact) mass is 300 g/mol. The highest BCUT2D eigenvalue weighted by atomic mass is 35.5. The highest BCUT2D eigenvalue weighted by Gasteiger charge is 2.22. The number of ether oxygens (including phenoxy) is 2. The fraction of sp³-hybridized carbons (Fsp3) is 0.533. The van der Waals surface area contributed by atoms with Gasteiger partial charge in [0, 0.05) is 0 Å². The molecule has 0 heterocycles. The van der Waals surface area contributed by atoms with Crippen LogP contribution < -0.4 is 4.74 Å². The number of hydrogen-bond acceptors (Lipinski definition) is 4. The van der Waals surface area contributed by atoms with E-state index in [1.54, 1.807) is 32.0 Å². The first kappa shape index (κ1) is 16.8. The molecule has 1 aromatic carbocycles. The van der Waals surface area contributed by atoms with Crippen LogP contribution in [0.3, 0.4) is 0 Å². The third-order valence-electron chi connectivity index (χ3n) is 2.81. The second-order valence-corrected chi connectivity index (χ2v) is 4.92. The van der Waals surface area contributed by atoms with Gasteiger partial charge in [0.15, 0.2) is 6.10 Å². The molecule has 0 spiro atoms. The normalized spacial score (nSPS) is 13.7. The number of carbonyl (C=O) groups is 1. The molecule has 4 nitrogen and oxygen atoms in total. The molecular formula is C15H21ClO4. The van der Waals surface area contributed by atoms with Gasteiger partial charge in [-0.05, 0) is 38.0 Å². The predicted molar refractivity (Wildman–Crippen MR) is 78.0 cm³/mol. The molecule has 1 unspecified atom stereocenters. The van der Waals surface area contributed by atoms with Crippen LogP contribution in [-0.4, -0.2) is 23.8 Å². The third kappa shape index (κ3) is 4.69. The lowest BCUT2D eigenvalue weighted by atomic mass is 10.1. The largest absolute Gasteiger partial charge is 0.477 e. The van der Waals surface area contributed by atoms with E-state index in [-0.39, 0.29) is 5.97 Å². The van der Waals surface area contributed by atoms with E-state index in [9.17, 15) is 9.90 Å². The van der Waals surface area contributed by atoms with Crippen LogP contribution in [-0.2, 0) is 9.53 Å². The Morgan fingerprint density at radius 1 is 1.40 bits per heavy atom. The minimum Gasteiger partial charge on any atom is -0.477 e. The van der Waals surface area contributed by atoms with Crippen LogP contribution >= 0.6 is 11.6 Å². The molecule has 0 amide bonds. The van der Waals surface area contributed by atoms with Crippen molar-refractivity contribution < 1.29 is 19.4 Å². The summed E-state index contributed by atoms with van der Waals surface area (Å²) in [6, 6.07) is 5.02. The van der Waals surface area contributed by atoms with Crippen LogP contribution in [0.25, 0.3) is 0 Å². The molecule has 20 heavy (non-hydrogen) atoms. The van der Waals surface area contributed by atoms with E-state index in [1.807, 2.05) is 6.92 Å². The number of rotatable bonds is 7. The molecule has 0 radical (unpaired) electrons. The summed E-state index contributed by atoms with van der Waals surface area (Å²) in [4.78, 5) is 11.8. The van der Waals surface area contributed by atoms with Gasteiger partial charge in [0.1, 0.15) is 5.75 Å². The van der Waals surface area contributed by atoms with Gasteiger partial charge in [-0.25, -0.2) is 4.79 Å². The summed E-state index contributed by atoms with van der Waals surface area (Å²) in [5, 5.41) is 9.86. The SMILES string of the molecule is CCCC(Oc1ccc([C@@H](C)O)cc1Cl)C(=O)OCC. The number of halogens is 1. The summed E-state index contributed by atoms with van der Waals surface area (Å²) in [5.74, 6) is 0.0348. The van der Waals surface area contributed by atoms with Crippen LogP contribution in [0.1, 0.15) is 45.3 Å². The predicted octanol–water partition coefficient (Wildman–Crippen LogP) is 3.50. The third-order valence-corrected chi connectivity index (χ3v) is 3.10. The van der Waals surface area contributed by atoms with Crippen LogP contribution in [0.4, 0.5) is 0 Å².